The maximum Gasteiger partial charge on any atom is 0.149 e. The molecule has 1 saturated heterocycles. The van der Waals surface area contributed by atoms with E-state index in [0.29, 0.717) is 18.0 Å². The largest absolute Gasteiger partial charge is 0.370 e. The first-order valence-electron chi connectivity index (χ1n) is 6.94. The van der Waals surface area contributed by atoms with Crippen molar-refractivity contribution in [2.75, 3.05) is 38.6 Å². The summed E-state index contributed by atoms with van der Waals surface area (Å²) in [6.45, 7) is 2.78. The minimum atomic E-state index is -0.531. The van der Waals surface area contributed by atoms with Gasteiger partial charge in [-0.25, -0.2) is 8.78 Å². The first-order chi connectivity index (χ1) is 9.51. The van der Waals surface area contributed by atoms with Crippen LogP contribution in [0, 0.1) is 17.6 Å². The molecule has 0 aliphatic carbocycles. The number of piperidine rings is 1. The Bertz CT molecular complexity index is 436. The van der Waals surface area contributed by atoms with E-state index in [1.165, 1.54) is 12.1 Å². The van der Waals surface area contributed by atoms with Crippen LogP contribution in [-0.2, 0) is 5.88 Å². The summed E-state index contributed by atoms with van der Waals surface area (Å²) in [5.41, 5.74) is 0.524. The van der Waals surface area contributed by atoms with E-state index in [1.54, 1.807) is 11.9 Å². The summed E-state index contributed by atoms with van der Waals surface area (Å²) >= 11 is 5.62. The summed E-state index contributed by atoms with van der Waals surface area (Å²) < 4.78 is 28.0. The number of halogens is 3. The molecular formula is C15H21ClF2N2. The molecule has 1 fully saturated rings. The molecular weight excluding hydrogens is 282 g/mol. The van der Waals surface area contributed by atoms with E-state index >= 15 is 0 Å². The molecule has 1 aliphatic rings. The summed E-state index contributed by atoms with van der Waals surface area (Å²) in [4.78, 5) is 3.98. The number of likely N-dealkylation sites (tertiary alicyclic amines) is 1. The third-order valence-electron chi connectivity index (χ3n) is 3.98. The minimum Gasteiger partial charge on any atom is -0.370 e. The second-order valence-electron chi connectivity index (χ2n) is 5.67. The molecule has 112 valence electrons. The van der Waals surface area contributed by atoms with Crippen LogP contribution in [-0.4, -0.2) is 38.6 Å². The van der Waals surface area contributed by atoms with Crippen molar-refractivity contribution in [3.8, 4) is 0 Å². The fourth-order valence-electron chi connectivity index (χ4n) is 2.78. The van der Waals surface area contributed by atoms with E-state index in [0.717, 1.165) is 25.9 Å². The van der Waals surface area contributed by atoms with E-state index in [-0.39, 0.29) is 11.6 Å². The average molecular weight is 303 g/mol. The van der Waals surface area contributed by atoms with Gasteiger partial charge in [-0.05, 0) is 56.6 Å². The molecule has 0 aromatic heterocycles. The van der Waals surface area contributed by atoms with Gasteiger partial charge < -0.3 is 9.80 Å². The number of hydrogen-bond donors (Lipinski definition) is 0. The molecule has 0 saturated carbocycles. The SMILES string of the molecule is CN1CCC(CN(C)c2c(F)cc(CCl)cc2F)CC1. The Morgan fingerprint density at radius 1 is 1.25 bits per heavy atom. The standard InChI is InChI=1S/C15H21ClF2N2/c1-19-5-3-11(4-6-19)10-20(2)15-13(17)7-12(9-16)8-14(15)18/h7-8,11H,3-6,9-10H2,1-2H3. The number of anilines is 1. The van der Waals surface area contributed by atoms with Gasteiger partial charge in [-0.2, -0.15) is 0 Å². The quantitative estimate of drug-likeness (QED) is 0.786. The van der Waals surface area contributed by atoms with Gasteiger partial charge >= 0.3 is 0 Å². The van der Waals surface area contributed by atoms with Crippen LogP contribution in [0.1, 0.15) is 18.4 Å². The van der Waals surface area contributed by atoms with E-state index in [4.69, 9.17) is 11.6 Å². The third kappa shape index (κ3) is 3.61. The zero-order chi connectivity index (χ0) is 14.7. The Kier molecular flexibility index (Phi) is 5.22. The van der Waals surface area contributed by atoms with E-state index in [2.05, 4.69) is 11.9 Å². The monoisotopic (exact) mass is 302 g/mol. The minimum absolute atomic E-state index is 0.0535. The highest BCUT2D eigenvalue weighted by Crippen LogP contribution is 2.27. The topological polar surface area (TPSA) is 6.48 Å². The van der Waals surface area contributed by atoms with Crippen molar-refractivity contribution in [1.29, 1.82) is 0 Å². The Morgan fingerprint density at radius 3 is 2.30 bits per heavy atom. The first kappa shape index (κ1) is 15.5. The summed E-state index contributed by atoms with van der Waals surface area (Å²) in [5, 5.41) is 0. The van der Waals surface area contributed by atoms with Gasteiger partial charge in [-0.3, -0.25) is 0 Å². The predicted molar refractivity (Wildman–Crippen MR) is 79.4 cm³/mol. The highest BCUT2D eigenvalue weighted by Gasteiger charge is 2.21. The van der Waals surface area contributed by atoms with Crippen molar-refractivity contribution in [2.45, 2.75) is 18.7 Å². The first-order valence-corrected chi connectivity index (χ1v) is 7.48. The molecule has 1 aromatic rings. The maximum atomic E-state index is 14.0. The smallest absolute Gasteiger partial charge is 0.149 e. The zero-order valence-electron chi connectivity index (χ0n) is 12.0. The molecule has 2 nitrogen and oxygen atoms in total. The van der Waals surface area contributed by atoms with Gasteiger partial charge in [0.1, 0.15) is 17.3 Å². The van der Waals surface area contributed by atoms with Crippen LogP contribution in [0.3, 0.4) is 0 Å². The fraction of sp³-hybridized carbons (Fsp3) is 0.600. The summed E-state index contributed by atoms with van der Waals surface area (Å²) in [7, 11) is 3.85. The van der Waals surface area contributed by atoms with Crippen molar-refractivity contribution < 1.29 is 8.78 Å². The van der Waals surface area contributed by atoms with Crippen molar-refractivity contribution >= 4 is 17.3 Å². The molecule has 1 heterocycles. The van der Waals surface area contributed by atoms with Gasteiger partial charge in [-0.15, -0.1) is 11.6 Å². The average Bonchev–Trinajstić information content (AvgIpc) is 2.40. The van der Waals surface area contributed by atoms with E-state index in [1.807, 2.05) is 0 Å². The molecule has 0 spiro atoms. The van der Waals surface area contributed by atoms with Gasteiger partial charge in [0.15, 0.2) is 0 Å². The number of nitrogens with zero attached hydrogens (tertiary/aromatic N) is 2. The molecule has 0 N–H and O–H groups in total. The molecule has 20 heavy (non-hydrogen) atoms. The molecule has 2 rings (SSSR count). The summed E-state index contributed by atoms with van der Waals surface area (Å²) in [6.07, 6.45) is 2.15. The zero-order valence-corrected chi connectivity index (χ0v) is 12.8. The number of benzene rings is 1. The predicted octanol–water partition coefficient (Wildman–Crippen LogP) is 3.48. The lowest BCUT2D eigenvalue weighted by atomic mass is 9.96. The normalized spacial score (nSPS) is 17.4. The number of rotatable bonds is 4. The molecule has 0 unspecified atom stereocenters. The fourth-order valence-corrected chi connectivity index (χ4v) is 2.94. The van der Waals surface area contributed by atoms with Crippen LogP contribution in [0.5, 0.6) is 0 Å². The van der Waals surface area contributed by atoms with Gasteiger partial charge in [0, 0.05) is 19.5 Å². The molecule has 5 heteroatoms. The Hall–Kier alpha value is -0.870. The van der Waals surface area contributed by atoms with E-state index < -0.39 is 11.6 Å². The Labute approximate surface area is 124 Å². The van der Waals surface area contributed by atoms with Crippen molar-refractivity contribution in [3.05, 3.63) is 29.3 Å². The van der Waals surface area contributed by atoms with Crippen LogP contribution in [0.4, 0.5) is 14.5 Å². The lowest BCUT2D eigenvalue weighted by molar-refractivity contribution is 0.222. The Morgan fingerprint density at radius 2 is 1.80 bits per heavy atom. The van der Waals surface area contributed by atoms with Crippen LogP contribution in [0.15, 0.2) is 12.1 Å². The molecule has 0 amide bonds. The summed E-state index contributed by atoms with van der Waals surface area (Å²) in [5.74, 6) is -0.456. The van der Waals surface area contributed by atoms with Crippen molar-refractivity contribution in [2.24, 2.45) is 5.92 Å². The highest BCUT2D eigenvalue weighted by atomic mass is 35.5. The Balaban J connectivity index is 2.07. The van der Waals surface area contributed by atoms with Gasteiger partial charge in [0.25, 0.3) is 0 Å². The van der Waals surface area contributed by atoms with Crippen LogP contribution in [0.25, 0.3) is 0 Å². The third-order valence-corrected chi connectivity index (χ3v) is 4.29. The number of alkyl halides is 1. The molecule has 1 aliphatic heterocycles. The second kappa shape index (κ2) is 6.72. The van der Waals surface area contributed by atoms with Crippen LogP contribution < -0.4 is 4.90 Å². The van der Waals surface area contributed by atoms with Gasteiger partial charge in [0.2, 0.25) is 0 Å². The lowest BCUT2D eigenvalue weighted by Crippen LogP contribution is -2.36. The molecule has 0 radical (unpaired) electrons. The number of hydrogen-bond acceptors (Lipinski definition) is 2. The molecule has 0 atom stereocenters. The van der Waals surface area contributed by atoms with Crippen molar-refractivity contribution in [3.63, 3.8) is 0 Å². The molecule has 1 aromatic carbocycles. The van der Waals surface area contributed by atoms with Crippen LogP contribution in [0.2, 0.25) is 0 Å². The van der Waals surface area contributed by atoms with Crippen LogP contribution >= 0.6 is 11.6 Å². The molecule has 0 bridgehead atoms. The highest BCUT2D eigenvalue weighted by molar-refractivity contribution is 6.17. The van der Waals surface area contributed by atoms with Crippen molar-refractivity contribution in [1.82, 2.24) is 4.90 Å². The van der Waals surface area contributed by atoms with E-state index in [9.17, 15) is 8.78 Å². The maximum absolute atomic E-state index is 14.0. The second-order valence-corrected chi connectivity index (χ2v) is 5.94. The lowest BCUT2D eigenvalue weighted by Gasteiger charge is -2.32. The van der Waals surface area contributed by atoms with Gasteiger partial charge in [-0.1, -0.05) is 0 Å². The van der Waals surface area contributed by atoms with Gasteiger partial charge in [0.05, 0.1) is 0 Å². The summed E-state index contributed by atoms with van der Waals surface area (Å²) in [6, 6.07) is 2.63.